The first-order valence-corrected chi connectivity index (χ1v) is 5.93. The molecule has 106 valence electrons. The van der Waals surface area contributed by atoms with Gasteiger partial charge >= 0.3 is 12.0 Å². The van der Waals surface area contributed by atoms with Crippen molar-refractivity contribution in [2.45, 2.75) is 26.3 Å². The molecule has 7 heteroatoms. The Morgan fingerprint density at radius 3 is 2.50 bits per heavy atom. The fourth-order valence-corrected chi connectivity index (χ4v) is 1.09. The van der Waals surface area contributed by atoms with Gasteiger partial charge in [-0.3, -0.25) is 0 Å². The van der Waals surface area contributed by atoms with Gasteiger partial charge in [0, 0.05) is 19.8 Å². The molecule has 0 aromatic carbocycles. The highest BCUT2D eigenvalue weighted by molar-refractivity contribution is 5.82. The zero-order valence-electron chi connectivity index (χ0n) is 10.8. The Kier molecular flexibility index (Phi) is 8.95. The van der Waals surface area contributed by atoms with Crippen LogP contribution in [0.3, 0.4) is 0 Å². The Morgan fingerprint density at radius 2 is 2.00 bits per heavy atom. The van der Waals surface area contributed by atoms with E-state index in [1.807, 2.05) is 13.8 Å². The summed E-state index contributed by atoms with van der Waals surface area (Å²) in [4.78, 5) is 21.7. The van der Waals surface area contributed by atoms with Gasteiger partial charge in [-0.05, 0) is 12.3 Å². The molecule has 1 atom stereocenters. The summed E-state index contributed by atoms with van der Waals surface area (Å²) in [6.45, 7) is 5.07. The predicted molar refractivity (Wildman–Crippen MR) is 65.3 cm³/mol. The van der Waals surface area contributed by atoms with E-state index in [0.717, 1.165) is 0 Å². The van der Waals surface area contributed by atoms with Gasteiger partial charge < -0.3 is 25.6 Å². The van der Waals surface area contributed by atoms with Crippen LogP contribution in [-0.2, 0) is 9.53 Å². The van der Waals surface area contributed by atoms with E-state index in [9.17, 15) is 9.59 Å². The quantitative estimate of drug-likeness (QED) is 0.430. The maximum absolute atomic E-state index is 11.2. The molecule has 0 aromatic heterocycles. The summed E-state index contributed by atoms with van der Waals surface area (Å²) in [5.74, 6) is -0.796. The van der Waals surface area contributed by atoms with Crippen LogP contribution in [0.25, 0.3) is 0 Å². The van der Waals surface area contributed by atoms with Crippen LogP contribution in [0.2, 0.25) is 0 Å². The first kappa shape index (κ1) is 16.7. The molecular weight excluding hydrogens is 240 g/mol. The number of aliphatic hydroxyl groups is 1. The lowest BCUT2D eigenvalue weighted by Gasteiger charge is -2.12. The topological polar surface area (TPSA) is 108 Å². The lowest BCUT2D eigenvalue weighted by atomic mass is 10.2. The fourth-order valence-electron chi connectivity index (χ4n) is 1.09. The van der Waals surface area contributed by atoms with Crippen LogP contribution < -0.4 is 10.6 Å². The number of carboxylic acids is 1. The number of aliphatic carboxylic acids is 1. The Morgan fingerprint density at radius 1 is 1.33 bits per heavy atom. The number of nitrogens with one attached hydrogen (secondary N) is 2. The fraction of sp³-hybridized carbons (Fsp3) is 0.818. The molecular formula is C11H22N2O5. The number of carbonyl (C=O) groups is 2. The van der Waals surface area contributed by atoms with Crippen molar-refractivity contribution in [2.75, 3.05) is 26.4 Å². The largest absolute Gasteiger partial charge is 0.480 e. The smallest absolute Gasteiger partial charge is 0.328 e. The maximum atomic E-state index is 11.2. The molecule has 18 heavy (non-hydrogen) atoms. The molecule has 0 bridgehead atoms. The Hall–Kier alpha value is -1.34. The second-order valence-electron chi connectivity index (χ2n) is 4.30. The third kappa shape index (κ3) is 8.77. The summed E-state index contributed by atoms with van der Waals surface area (Å²) in [5.41, 5.74) is 0. The van der Waals surface area contributed by atoms with Crippen LogP contribution in [0.15, 0.2) is 0 Å². The zero-order valence-corrected chi connectivity index (χ0v) is 10.8. The van der Waals surface area contributed by atoms with Crippen LogP contribution in [0, 0.1) is 5.92 Å². The van der Waals surface area contributed by atoms with Crippen molar-refractivity contribution in [2.24, 2.45) is 5.92 Å². The molecule has 0 aliphatic rings. The summed E-state index contributed by atoms with van der Waals surface area (Å²) in [7, 11) is 0. The van der Waals surface area contributed by atoms with Gasteiger partial charge in [-0.15, -0.1) is 0 Å². The van der Waals surface area contributed by atoms with Crippen LogP contribution in [-0.4, -0.2) is 54.6 Å². The van der Waals surface area contributed by atoms with Crippen LogP contribution >= 0.6 is 0 Å². The maximum Gasteiger partial charge on any atom is 0.328 e. The van der Waals surface area contributed by atoms with Crippen molar-refractivity contribution in [3.63, 3.8) is 0 Å². The van der Waals surface area contributed by atoms with Crippen molar-refractivity contribution in [3.05, 3.63) is 0 Å². The molecule has 0 aromatic rings. The van der Waals surface area contributed by atoms with Crippen molar-refractivity contribution in [1.82, 2.24) is 10.6 Å². The zero-order chi connectivity index (χ0) is 14.0. The molecule has 0 spiro atoms. The molecule has 0 saturated heterocycles. The SMILES string of the molecule is CC(C)COCCCNC(=O)NC(CO)C(=O)O. The molecule has 2 amide bonds. The summed E-state index contributed by atoms with van der Waals surface area (Å²) in [6.07, 6.45) is 0.650. The van der Waals surface area contributed by atoms with Gasteiger partial charge in [-0.25, -0.2) is 9.59 Å². The van der Waals surface area contributed by atoms with Crippen molar-refractivity contribution in [1.29, 1.82) is 0 Å². The van der Waals surface area contributed by atoms with E-state index < -0.39 is 24.6 Å². The highest BCUT2D eigenvalue weighted by Crippen LogP contribution is 1.92. The minimum Gasteiger partial charge on any atom is -0.480 e. The van der Waals surface area contributed by atoms with Gasteiger partial charge in [-0.1, -0.05) is 13.8 Å². The molecule has 0 aliphatic heterocycles. The van der Waals surface area contributed by atoms with E-state index in [4.69, 9.17) is 14.9 Å². The van der Waals surface area contributed by atoms with Crippen LogP contribution in [0.1, 0.15) is 20.3 Å². The molecule has 0 aliphatic carbocycles. The number of aliphatic hydroxyl groups excluding tert-OH is 1. The Bertz CT molecular complexity index is 258. The van der Waals surface area contributed by atoms with Crippen molar-refractivity contribution in [3.8, 4) is 0 Å². The summed E-state index contributed by atoms with van der Waals surface area (Å²) >= 11 is 0. The molecule has 1 unspecified atom stereocenters. The average Bonchev–Trinajstić information content (AvgIpc) is 2.29. The minimum absolute atomic E-state index is 0.391. The highest BCUT2D eigenvalue weighted by Gasteiger charge is 2.17. The molecule has 0 saturated carbocycles. The number of hydrogen-bond donors (Lipinski definition) is 4. The van der Waals surface area contributed by atoms with Crippen molar-refractivity contribution < 1.29 is 24.5 Å². The summed E-state index contributed by atoms with van der Waals surface area (Å²) in [5, 5.41) is 21.9. The van der Waals surface area contributed by atoms with E-state index in [1.165, 1.54) is 0 Å². The lowest BCUT2D eigenvalue weighted by Crippen LogP contribution is -2.48. The van der Waals surface area contributed by atoms with Gasteiger partial charge in [-0.2, -0.15) is 0 Å². The third-order valence-corrected chi connectivity index (χ3v) is 1.99. The Labute approximate surface area is 107 Å². The number of ether oxygens (including phenoxy) is 1. The number of amides is 2. The highest BCUT2D eigenvalue weighted by atomic mass is 16.5. The molecule has 7 nitrogen and oxygen atoms in total. The second kappa shape index (κ2) is 9.67. The summed E-state index contributed by atoms with van der Waals surface area (Å²) in [6, 6.07) is -1.89. The van der Waals surface area contributed by atoms with Gasteiger partial charge in [0.2, 0.25) is 0 Å². The lowest BCUT2D eigenvalue weighted by molar-refractivity contribution is -0.140. The van der Waals surface area contributed by atoms with Gasteiger partial charge in [0.15, 0.2) is 6.04 Å². The summed E-state index contributed by atoms with van der Waals surface area (Å²) < 4.78 is 5.31. The first-order chi connectivity index (χ1) is 8.47. The molecule has 4 N–H and O–H groups in total. The van der Waals surface area contributed by atoms with E-state index in [1.54, 1.807) is 0 Å². The van der Waals surface area contributed by atoms with Crippen LogP contribution in [0.4, 0.5) is 4.79 Å². The first-order valence-electron chi connectivity index (χ1n) is 5.93. The predicted octanol–water partition coefficient (Wildman–Crippen LogP) is -0.206. The number of urea groups is 1. The van der Waals surface area contributed by atoms with E-state index >= 15 is 0 Å². The van der Waals surface area contributed by atoms with Crippen molar-refractivity contribution >= 4 is 12.0 Å². The van der Waals surface area contributed by atoms with E-state index in [-0.39, 0.29) is 0 Å². The normalized spacial score (nSPS) is 12.2. The number of carbonyl (C=O) groups excluding carboxylic acids is 1. The van der Waals surface area contributed by atoms with Gasteiger partial charge in [0.1, 0.15) is 0 Å². The van der Waals surface area contributed by atoms with E-state index in [2.05, 4.69) is 10.6 Å². The molecule has 0 radical (unpaired) electrons. The standard InChI is InChI=1S/C11H22N2O5/c1-8(2)7-18-5-3-4-12-11(17)13-9(6-14)10(15)16/h8-9,14H,3-7H2,1-2H3,(H,15,16)(H2,12,13,17). The van der Waals surface area contributed by atoms with Crippen LogP contribution in [0.5, 0.6) is 0 Å². The number of hydrogen-bond acceptors (Lipinski definition) is 4. The van der Waals surface area contributed by atoms with E-state index in [0.29, 0.717) is 32.1 Å². The molecule has 0 fully saturated rings. The average molecular weight is 262 g/mol. The number of rotatable bonds is 9. The number of carboxylic acid groups (broad SMARTS) is 1. The molecule has 0 rings (SSSR count). The monoisotopic (exact) mass is 262 g/mol. The van der Waals surface area contributed by atoms with Gasteiger partial charge in [0.25, 0.3) is 0 Å². The Balaban J connectivity index is 3.56. The third-order valence-electron chi connectivity index (χ3n) is 1.99. The second-order valence-corrected chi connectivity index (χ2v) is 4.30. The molecule has 0 heterocycles. The minimum atomic E-state index is -1.28. The van der Waals surface area contributed by atoms with Gasteiger partial charge in [0.05, 0.1) is 6.61 Å².